The van der Waals surface area contributed by atoms with Gasteiger partial charge in [0.15, 0.2) is 0 Å². The number of para-hydroxylation sites is 1. The molecule has 0 saturated heterocycles. The van der Waals surface area contributed by atoms with Crippen LogP contribution < -0.4 is 10.1 Å². The predicted octanol–water partition coefficient (Wildman–Crippen LogP) is 2.06. The van der Waals surface area contributed by atoms with Gasteiger partial charge in [-0.25, -0.2) is 0 Å². The fourth-order valence-electron chi connectivity index (χ4n) is 2.38. The number of fused-ring (bicyclic) bond motifs is 1. The fourth-order valence-corrected chi connectivity index (χ4v) is 2.38. The average molecular weight is 256 g/mol. The van der Waals surface area contributed by atoms with Gasteiger partial charge in [0.1, 0.15) is 12.4 Å². The molecule has 1 aliphatic heterocycles. The molecule has 1 atom stereocenters. The molecule has 0 radical (unpaired) electrons. The molecule has 1 aromatic carbocycles. The highest BCUT2D eigenvalue weighted by Gasteiger charge is 2.22. The van der Waals surface area contributed by atoms with Crippen LogP contribution in [0.3, 0.4) is 0 Å². The molecule has 2 aromatic rings. The highest BCUT2D eigenvalue weighted by atomic mass is 16.5. The van der Waals surface area contributed by atoms with E-state index in [1.807, 2.05) is 31.2 Å². The summed E-state index contributed by atoms with van der Waals surface area (Å²) < 4.78 is 5.66. The standard InChI is InChI=1S/C15H16N2O2/c1-10-13(6-7-16-10)15(18)17-12-8-11-4-2-3-5-14(11)19-9-12/h2-7,12,16H,8-9H2,1H3,(H,17,18). The van der Waals surface area contributed by atoms with Crippen LogP contribution in [0.15, 0.2) is 36.5 Å². The number of hydrogen-bond acceptors (Lipinski definition) is 2. The first kappa shape index (κ1) is 11.8. The van der Waals surface area contributed by atoms with Crippen molar-refractivity contribution in [2.45, 2.75) is 19.4 Å². The van der Waals surface area contributed by atoms with E-state index >= 15 is 0 Å². The number of rotatable bonds is 2. The molecule has 0 bridgehead atoms. The summed E-state index contributed by atoms with van der Waals surface area (Å²) >= 11 is 0. The molecular formula is C15H16N2O2. The Bertz CT molecular complexity index is 604. The molecule has 0 spiro atoms. The number of H-pyrrole nitrogens is 1. The second kappa shape index (κ2) is 4.80. The summed E-state index contributed by atoms with van der Waals surface area (Å²) in [5.41, 5.74) is 2.72. The van der Waals surface area contributed by atoms with Crippen LogP contribution in [0.4, 0.5) is 0 Å². The minimum atomic E-state index is -0.0493. The summed E-state index contributed by atoms with van der Waals surface area (Å²) in [7, 11) is 0. The second-order valence-corrected chi connectivity index (χ2v) is 4.81. The van der Waals surface area contributed by atoms with Crippen molar-refractivity contribution in [2.75, 3.05) is 6.61 Å². The highest BCUT2D eigenvalue weighted by Crippen LogP contribution is 2.24. The van der Waals surface area contributed by atoms with Gasteiger partial charge in [-0.3, -0.25) is 4.79 Å². The molecule has 1 unspecified atom stereocenters. The van der Waals surface area contributed by atoms with Crippen molar-refractivity contribution >= 4 is 5.91 Å². The summed E-state index contributed by atoms with van der Waals surface area (Å²) in [5.74, 6) is 0.873. The number of carbonyl (C=O) groups is 1. The Balaban J connectivity index is 1.70. The molecule has 98 valence electrons. The van der Waals surface area contributed by atoms with Gasteiger partial charge in [-0.05, 0) is 31.0 Å². The van der Waals surface area contributed by atoms with E-state index in [1.165, 1.54) is 0 Å². The van der Waals surface area contributed by atoms with Gasteiger partial charge < -0.3 is 15.0 Å². The van der Waals surface area contributed by atoms with E-state index in [9.17, 15) is 4.79 Å². The summed E-state index contributed by atoms with van der Waals surface area (Å²) in [6.45, 7) is 2.41. The van der Waals surface area contributed by atoms with Gasteiger partial charge in [-0.2, -0.15) is 0 Å². The van der Waals surface area contributed by atoms with Gasteiger partial charge >= 0.3 is 0 Å². The summed E-state index contributed by atoms with van der Waals surface area (Å²) in [6, 6.07) is 9.77. The van der Waals surface area contributed by atoms with Gasteiger partial charge in [0.05, 0.1) is 11.6 Å². The van der Waals surface area contributed by atoms with E-state index in [4.69, 9.17) is 4.74 Å². The van der Waals surface area contributed by atoms with Crippen molar-refractivity contribution in [3.8, 4) is 5.75 Å². The molecule has 19 heavy (non-hydrogen) atoms. The first-order valence-corrected chi connectivity index (χ1v) is 6.39. The highest BCUT2D eigenvalue weighted by molar-refractivity contribution is 5.95. The first-order chi connectivity index (χ1) is 9.24. The molecule has 0 aliphatic carbocycles. The van der Waals surface area contributed by atoms with Crippen LogP contribution in [-0.2, 0) is 6.42 Å². The quantitative estimate of drug-likeness (QED) is 0.864. The SMILES string of the molecule is Cc1[nH]ccc1C(=O)NC1COc2ccccc2C1. The lowest BCUT2D eigenvalue weighted by Crippen LogP contribution is -2.42. The van der Waals surface area contributed by atoms with Gasteiger partial charge in [0.2, 0.25) is 0 Å². The van der Waals surface area contributed by atoms with Crippen LogP contribution in [0.25, 0.3) is 0 Å². The van der Waals surface area contributed by atoms with Crippen molar-refractivity contribution in [3.63, 3.8) is 0 Å². The van der Waals surface area contributed by atoms with Gasteiger partial charge in [-0.1, -0.05) is 18.2 Å². The Hall–Kier alpha value is -2.23. The van der Waals surface area contributed by atoms with Crippen LogP contribution in [0.1, 0.15) is 21.6 Å². The maximum absolute atomic E-state index is 12.1. The van der Waals surface area contributed by atoms with Crippen molar-refractivity contribution in [2.24, 2.45) is 0 Å². The van der Waals surface area contributed by atoms with Crippen LogP contribution in [0.5, 0.6) is 5.75 Å². The maximum Gasteiger partial charge on any atom is 0.253 e. The zero-order valence-corrected chi connectivity index (χ0v) is 10.8. The number of amides is 1. The lowest BCUT2D eigenvalue weighted by atomic mass is 10.0. The third kappa shape index (κ3) is 2.34. The molecule has 0 fully saturated rings. The summed E-state index contributed by atoms with van der Waals surface area (Å²) in [5, 5.41) is 3.02. The lowest BCUT2D eigenvalue weighted by molar-refractivity contribution is 0.0915. The zero-order valence-electron chi connectivity index (χ0n) is 10.8. The summed E-state index contributed by atoms with van der Waals surface area (Å²) in [4.78, 5) is 15.1. The van der Waals surface area contributed by atoms with E-state index in [-0.39, 0.29) is 11.9 Å². The second-order valence-electron chi connectivity index (χ2n) is 4.81. The largest absolute Gasteiger partial charge is 0.491 e. The van der Waals surface area contributed by atoms with Crippen LogP contribution >= 0.6 is 0 Å². The molecule has 4 heteroatoms. The van der Waals surface area contributed by atoms with Gasteiger partial charge in [0, 0.05) is 11.9 Å². The van der Waals surface area contributed by atoms with Crippen molar-refractivity contribution in [1.82, 2.24) is 10.3 Å². The van der Waals surface area contributed by atoms with Gasteiger partial charge in [0.25, 0.3) is 5.91 Å². The number of aryl methyl sites for hydroxylation is 1. The predicted molar refractivity (Wildman–Crippen MR) is 72.4 cm³/mol. The molecule has 1 amide bonds. The average Bonchev–Trinajstić information content (AvgIpc) is 2.85. The zero-order chi connectivity index (χ0) is 13.2. The number of aromatic nitrogens is 1. The van der Waals surface area contributed by atoms with E-state index in [0.717, 1.165) is 23.4 Å². The van der Waals surface area contributed by atoms with Crippen molar-refractivity contribution in [3.05, 3.63) is 53.3 Å². The minimum absolute atomic E-state index is 0.0247. The topological polar surface area (TPSA) is 54.1 Å². The third-order valence-corrected chi connectivity index (χ3v) is 3.41. The number of benzene rings is 1. The van der Waals surface area contributed by atoms with Crippen molar-refractivity contribution in [1.29, 1.82) is 0 Å². The van der Waals surface area contributed by atoms with Crippen molar-refractivity contribution < 1.29 is 9.53 Å². The fraction of sp³-hybridized carbons (Fsp3) is 0.267. The van der Waals surface area contributed by atoms with Gasteiger partial charge in [-0.15, -0.1) is 0 Å². The normalized spacial score (nSPS) is 17.4. The van der Waals surface area contributed by atoms with Crippen LogP contribution in [0.2, 0.25) is 0 Å². The first-order valence-electron chi connectivity index (χ1n) is 6.39. The van der Waals surface area contributed by atoms with E-state index in [1.54, 1.807) is 12.3 Å². The molecule has 2 heterocycles. The number of nitrogens with one attached hydrogen (secondary N) is 2. The molecule has 0 saturated carbocycles. The number of hydrogen-bond donors (Lipinski definition) is 2. The Morgan fingerprint density at radius 1 is 1.37 bits per heavy atom. The smallest absolute Gasteiger partial charge is 0.253 e. The Morgan fingerprint density at radius 3 is 3.00 bits per heavy atom. The van der Waals surface area contributed by atoms with Crippen LogP contribution in [-0.4, -0.2) is 23.5 Å². The van der Waals surface area contributed by atoms with Crippen LogP contribution in [0, 0.1) is 6.92 Å². The molecule has 1 aromatic heterocycles. The molecule has 1 aliphatic rings. The number of aromatic amines is 1. The Labute approximate surface area is 111 Å². The van der Waals surface area contributed by atoms with E-state index in [2.05, 4.69) is 10.3 Å². The van der Waals surface area contributed by atoms with E-state index in [0.29, 0.717) is 12.2 Å². The third-order valence-electron chi connectivity index (χ3n) is 3.41. The molecular weight excluding hydrogens is 240 g/mol. The van der Waals surface area contributed by atoms with E-state index < -0.39 is 0 Å². The molecule has 4 nitrogen and oxygen atoms in total. The Morgan fingerprint density at radius 2 is 2.21 bits per heavy atom. The number of carbonyl (C=O) groups excluding carboxylic acids is 1. The Kier molecular flexibility index (Phi) is 2.99. The number of ether oxygens (including phenoxy) is 1. The molecule has 3 rings (SSSR count). The minimum Gasteiger partial charge on any atom is -0.491 e. The molecule has 2 N–H and O–H groups in total. The monoisotopic (exact) mass is 256 g/mol. The summed E-state index contributed by atoms with van der Waals surface area (Å²) in [6.07, 6.45) is 2.59. The maximum atomic E-state index is 12.1. The lowest BCUT2D eigenvalue weighted by Gasteiger charge is -2.26.